The van der Waals surface area contributed by atoms with E-state index in [2.05, 4.69) is 15.7 Å². The van der Waals surface area contributed by atoms with Gasteiger partial charge in [-0.3, -0.25) is 4.79 Å². The van der Waals surface area contributed by atoms with Gasteiger partial charge in [-0.15, -0.1) is 11.8 Å². The molecule has 24 heavy (non-hydrogen) atoms. The van der Waals surface area contributed by atoms with Crippen LogP contribution in [0.5, 0.6) is 0 Å². The summed E-state index contributed by atoms with van der Waals surface area (Å²) in [5.41, 5.74) is 11.9. The van der Waals surface area contributed by atoms with Crippen LogP contribution in [0.3, 0.4) is 0 Å². The molecule has 0 unspecified atom stereocenters. The van der Waals surface area contributed by atoms with Gasteiger partial charge in [0, 0.05) is 17.2 Å². The molecule has 0 atom stereocenters. The maximum Gasteiger partial charge on any atom is 0.241 e. The summed E-state index contributed by atoms with van der Waals surface area (Å²) < 4.78 is 0. The van der Waals surface area contributed by atoms with Gasteiger partial charge in [0.05, 0.1) is 15.7 Å². The second kappa shape index (κ2) is 9.64. The molecule has 2 rings (SSSR count). The number of halogens is 2. The number of thioether (sulfide) groups is 1. The molecule has 0 spiro atoms. The Hall–Kier alpha value is -1.60. The fraction of sp³-hybridized carbons (Fsp3) is 0.188. The van der Waals surface area contributed by atoms with Crippen molar-refractivity contribution < 1.29 is 4.79 Å². The van der Waals surface area contributed by atoms with Crippen LogP contribution in [0.4, 0.5) is 0 Å². The molecule has 0 saturated carbocycles. The lowest BCUT2D eigenvalue weighted by Gasteiger charge is -2.11. The monoisotopic (exact) mass is 384 g/mol. The Morgan fingerprint density at radius 2 is 1.88 bits per heavy atom. The van der Waals surface area contributed by atoms with Gasteiger partial charge in [-0.25, -0.2) is 9.97 Å². The molecule has 1 aromatic carbocycles. The van der Waals surface area contributed by atoms with Crippen molar-refractivity contribution in [2.24, 2.45) is 11.5 Å². The van der Waals surface area contributed by atoms with Gasteiger partial charge in [-0.1, -0.05) is 29.3 Å². The molecule has 0 radical (unpaired) electrons. The van der Waals surface area contributed by atoms with Crippen molar-refractivity contribution >= 4 is 46.9 Å². The maximum atomic E-state index is 11.0. The zero-order valence-corrected chi connectivity index (χ0v) is 15.8. The number of aromatic nitrogens is 2. The summed E-state index contributed by atoms with van der Waals surface area (Å²) in [6, 6.07) is 5.26. The van der Waals surface area contributed by atoms with Gasteiger partial charge < -0.3 is 11.5 Å². The van der Waals surface area contributed by atoms with Crippen molar-refractivity contribution in [2.75, 3.05) is 13.3 Å². The highest BCUT2D eigenvalue weighted by Crippen LogP contribution is 2.33. The van der Waals surface area contributed by atoms with Gasteiger partial charge in [0.1, 0.15) is 10.9 Å². The van der Waals surface area contributed by atoms with Crippen molar-refractivity contribution in [1.29, 1.82) is 0 Å². The van der Waals surface area contributed by atoms with Crippen LogP contribution >= 0.6 is 35.0 Å². The number of hydrogen-bond acceptors (Lipinski definition) is 5. The Kier molecular flexibility index (Phi) is 8.21. The zero-order chi connectivity index (χ0) is 18.3. The van der Waals surface area contributed by atoms with Crippen molar-refractivity contribution in [2.45, 2.75) is 11.9 Å². The van der Waals surface area contributed by atoms with E-state index in [1.54, 1.807) is 18.2 Å². The summed E-state index contributed by atoms with van der Waals surface area (Å²) in [7, 11) is 1.50. The van der Waals surface area contributed by atoms with E-state index in [9.17, 15) is 4.79 Å². The van der Waals surface area contributed by atoms with Crippen LogP contribution in [-0.2, 0) is 4.79 Å². The summed E-state index contributed by atoms with van der Waals surface area (Å²) in [5, 5.41) is 1.66. The standard InChI is InChI=1S/C15H13Cl2N3OS.CH5N/c1-8-19-14(9-3-5-11(16)12(17)7-9)10(4-6-13(18)21)15(20-8)22-2;1-2/h3-7H,1-2H3,(H2,18,21);2H2,1H3/b6-4+;. The first-order valence-corrected chi connectivity index (χ1v) is 8.83. The number of rotatable bonds is 4. The molecule has 0 aliphatic carbocycles. The number of nitrogens with zero attached hydrogens (tertiary/aromatic N) is 2. The van der Waals surface area contributed by atoms with E-state index in [-0.39, 0.29) is 0 Å². The second-order valence-corrected chi connectivity index (χ2v) is 6.02. The van der Waals surface area contributed by atoms with Crippen molar-refractivity contribution in [3.63, 3.8) is 0 Å². The molecule has 4 N–H and O–H groups in total. The topological polar surface area (TPSA) is 94.9 Å². The van der Waals surface area contributed by atoms with Crippen LogP contribution in [0, 0.1) is 6.92 Å². The Labute approximate surface area is 155 Å². The highest BCUT2D eigenvalue weighted by Gasteiger charge is 2.13. The average Bonchev–Trinajstić information content (AvgIpc) is 2.57. The van der Waals surface area contributed by atoms with Gasteiger partial charge >= 0.3 is 0 Å². The second-order valence-electron chi connectivity index (χ2n) is 4.41. The average molecular weight is 385 g/mol. The third-order valence-corrected chi connectivity index (χ3v) is 4.26. The smallest absolute Gasteiger partial charge is 0.241 e. The number of primary amides is 1. The maximum absolute atomic E-state index is 11.0. The number of benzene rings is 1. The number of carbonyl (C=O) groups excluding carboxylic acids is 1. The van der Waals surface area contributed by atoms with Crippen LogP contribution in [0.15, 0.2) is 29.3 Å². The lowest BCUT2D eigenvalue weighted by molar-refractivity contribution is -0.113. The zero-order valence-electron chi connectivity index (χ0n) is 13.5. The first-order valence-electron chi connectivity index (χ1n) is 6.85. The fourth-order valence-corrected chi connectivity index (χ4v) is 2.80. The number of amides is 1. The Bertz CT molecular complexity index is 766. The third kappa shape index (κ3) is 5.21. The SMILES string of the molecule is CN.CSc1nc(C)nc(-c2ccc(Cl)c(Cl)c2)c1/C=C/C(N)=O. The largest absolute Gasteiger partial charge is 0.366 e. The molecule has 0 fully saturated rings. The molecular weight excluding hydrogens is 367 g/mol. The molecule has 8 heteroatoms. The van der Waals surface area contributed by atoms with Crippen LogP contribution in [0.2, 0.25) is 10.0 Å². The summed E-state index contributed by atoms with van der Waals surface area (Å²) in [4.78, 5) is 19.9. The van der Waals surface area contributed by atoms with E-state index in [1.165, 1.54) is 24.9 Å². The quantitative estimate of drug-likeness (QED) is 0.477. The van der Waals surface area contributed by atoms with Crippen molar-refractivity contribution in [3.8, 4) is 11.3 Å². The van der Waals surface area contributed by atoms with E-state index in [0.29, 0.717) is 21.6 Å². The summed E-state index contributed by atoms with van der Waals surface area (Å²) >= 11 is 13.5. The lowest BCUT2D eigenvalue weighted by Crippen LogP contribution is -2.06. The fourth-order valence-electron chi connectivity index (χ4n) is 1.89. The van der Waals surface area contributed by atoms with E-state index < -0.39 is 5.91 Å². The summed E-state index contributed by atoms with van der Waals surface area (Å²) in [6.07, 6.45) is 4.81. The Morgan fingerprint density at radius 3 is 2.42 bits per heavy atom. The third-order valence-electron chi connectivity index (χ3n) is 2.82. The number of carbonyl (C=O) groups is 1. The highest BCUT2D eigenvalue weighted by molar-refractivity contribution is 7.98. The van der Waals surface area contributed by atoms with E-state index in [0.717, 1.165) is 16.2 Å². The number of nitrogens with two attached hydrogens (primary N) is 2. The first kappa shape index (κ1) is 20.4. The van der Waals surface area contributed by atoms with Crippen molar-refractivity contribution in [3.05, 3.63) is 45.7 Å². The van der Waals surface area contributed by atoms with Crippen molar-refractivity contribution in [1.82, 2.24) is 9.97 Å². The van der Waals surface area contributed by atoms with E-state index >= 15 is 0 Å². The molecule has 0 aliphatic heterocycles. The van der Waals surface area contributed by atoms with Gasteiger partial charge in [0.25, 0.3) is 0 Å². The molecule has 1 amide bonds. The molecule has 1 aromatic heterocycles. The molecule has 0 aliphatic rings. The summed E-state index contributed by atoms with van der Waals surface area (Å²) in [5.74, 6) is 0.0920. The van der Waals surface area contributed by atoms with Gasteiger partial charge in [0.2, 0.25) is 5.91 Å². The van der Waals surface area contributed by atoms with E-state index in [1.807, 2.05) is 19.2 Å². The molecule has 0 bridgehead atoms. The van der Waals surface area contributed by atoms with Gasteiger partial charge in [0.15, 0.2) is 0 Å². The minimum absolute atomic E-state index is 0.436. The van der Waals surface area contributed by atoms with Gasteiger partial charge in [-0.05, 0) is 38.4 Å². The van der Waals surface area contributed by atoms with Crippen LogP contribution in [0.25, 0.3) is 17.3 Å². The minimum Gasteiger partial charge on any atom is -0.366 e. The molecular formula is C16H18Cl2N4OS. The van der Waals surface area contributed by atoms with Crippen LogP contribution in [0.1, 0.15) is 11.4 Å². The van der Waals surface area contributed by atoms with E-state index in [4.69, 9.17) is 28.9 Å². The Morgan fingerprint density at radius 1 is 1.21 bits per heavy atom. The highest BCUT2D eigenvalue weighted by atomic mass is 35.5. The molecule has 5 nitrogen and oxygen atoms in total. The molecule has 128 valence electrons. The predicted molar refractivity (Wildman–Crippen MR) is 102 cm³/mol. The van der Waals surface area contributed by atoms with Crippen LogP contribution in [-0.4, -0.2) is 29.2 Å². The lowest BCUT2D eigenvalue weighted by atomic mass is 10.1. The molecule has 0 saturated heterocycles. The predicted octanol–water partition coefficient (Wildman–Crippen LogP) is 3.55. The van der Waals surface area contributed by atoms with Crippen LogP contribution < -0.4 is 11.5 Å². The number of aryl methyl sites for hydroxylation is 1. The Balaban J connectivity index is 0.00000139. The molecule has 1 heterocycles. The normalized spacial score (nSPS) is 10.4. The number of hydrogen-bond donors (Lipinski definition) is 2. The minimum atomic E-state index is -0.535. The first-order chi connectivity index (χ1) is 11.4. The van der Waals surface area contributed by atoms with Gasteiger partial charge in [-0.2, -0.15) is 0 Å². The molecule has 2 aromatic rings. The summed E-state index contributed by atoms with van der Waals surface area (Å²) in [6.45, 7) is 1.81.